The van der Waals surface area contributed by atoms with Gasteiger partial charge in [-0.2, -0.15) is 0 Å². The third-order valence-corrected chi connectivity index (χ3v) is 8.52. The van der Waals surface area contributed by atoms with Gasteiger partial charge in [0.2, 0.25) is 0 Å². The molecule has 11 nitrogen and oxygen atoms in total. The van der Waals surface area contributed by atoms with Crippen LogP contribution in [0.4, 0.5) is 0 Å². The van der Waals surface area contributed by atoms with E-state index in [9.17, 15) is 23.3 Å². The van der Waals surface area contributed by atoms with Gasteiger partial charge in [-0.05, 0) is 80.3 Å². The quantitative estimate of drug-likeness (QED) is 0.197. The molecule has 0 radical (unpaired) electrons. The number of nitro groups is 1. The van der Waals surface area contributed by atoms with Crippen molar-refractivity contribution in [1.82, 2.24) is 5.48 Å². The van der Waals surface area contributed by atoms with E-state index in [2.05, 4.69) is 0 Å². The molecule has 194 valence electrons. The van der Waals surface area contributed by atoms with Crippen LogP contribution in [0.5, 0.6) is 11.5 Å². The van der Waals surface area contributed by atoms with Crippen LogP contribution in [-0.2, 0) is 19.4 Å². The minimum Gasteiger partial charge on any atom is -0.497 e. The maximum atomic E-state index is 13.3. The normalized spacial score (nSPS) is 15.7. The number of ether oxygens (including phenoxy) is 3. The maximum Gasteiger partial charge on any atom is 0.272 e. The van der Waals surface area contributed by atoms with Gasteiger partial charge in [0.05, 0.1) is 29.1 Å². The lowest BCUT2D eigenvalue weighted by molar-refractivity contribution is -0.375. The van der Waals surface area contributed by atoms with Gasteiger partial charge in [0.1, 0.15) is 11.5 Å². The number of methoxy groups -OCH3 is 1. The molecule has 0 bridgehead atoms. The topological polar surface area (TPSA) is 154 Å². The van der Waals surface area contributed by atoms with Gasteiger partial charge in [-0.15, -0.1) is 0 Å². The Morgan fingerprint density at radius 1 is 1.14 bits per heavy atom. The molecular formula is C24H28N2O9S. The summed E-state index contributed by atoms with van der Waals surface area (Å²) in [4.78, 5) is 23.2. The van der Waals surface area contributed by atoms with Crippen molar-refractivity contribution in [3.8, 4) is 11.5 Å². The highest BCUT2D eigenvalue weighted by atomic mass is 32.2. The van der Waals surface area contributed by atoms with Crippen LogP contribution in [0.15, 0.2) is 59.5 Å². The van der Waals surface area contributed by atoms with E-state index in [0.717, 1.165) is 0 Å². The van der Waals surface area contributed by atoms with E-state index in [1.807, 2.05) is 0 Å². The second kappa shape index (κ2) is 12.0. The monoisotopic (exact) mass is 520 g/mol. The lowest BCUT2D eigenvalue weighted by Crippen LogP contribution is -2.54. The van der Waals surface area contributed by atoms with Crippen LogP contribution < -0.4 is 15.0 Å². The molecule has 1 heterocycles. The minimum absolute atomic E-state index is 0.0128. The first-order valence-corrected chi connectivity index (χ1v) is 12.7. The van der Waals surface area contributed by atoms with Crippen molar-refractivity contribution >= 4 is 21.4 Å². The average molecular weight is 521 g/mol. The summed E-state index contributed by atoms with van der Waals surface area (Å²) in [6, 6.07) is 12.2. The molecule has 36 heavy (non-hydrogen) atoms. The smallest absolute Gasteiger partial charge is 0.272 e. The zero-order chi connectivity index (χ0) is 26.2. The minimum atomic E-state index is -4.12. The van der Waals surface area contributed by atoms with Gasteiger partial charge >= 0.3 is 0 Å². The Labute approximate surface area is 208 Å². The van der Waals surface area contributed by atoms with E-state index in [1.165, 1.54) is 42.9 Å². The van der Waals surface area contributed by atoms with Gasteiger partial charge in [-0.25, -0.2) is 13.9 Å². The molecule has 1 aliphatic rings. The molecule has 0 aliphatic carbocycles. The number of nitrogens with one attached hydrogen (secondary N) is 1. The number of hydrogen-bond donors (Lipinski definition) is 2. The Balaban J connectivity index is 1.60. The second-order valence-electron chi connectivity index (χ2n) is 8.09. The highest BCUT2D eigenvalue weighted by Crippen LogP contribution is 2.35. The van der Waals surface area contributed by atoms with Crippen molar-refractivity contribution in [3.63, 3.8) is 0 Å². The van der Waals surface area contributed by atoms with E-state index >= 15 is 0 Å². The number of hydroxylamine groups is 1. The number of unbranched alkanes of at least 4 members (excludes halogenated alkanes) is 1. The number of allylic oxidation sites excluding steroid dienone is 1. The number of benzene rings is 2. The summed E-state index contributed by atoms with van der Waals surface area (Å²) in [5, 5.41) is 20.6. The van der Waals surface area contributed by atoms with Gasteiger partial charge in [0, 0.05) is 13.2 Å². The van der Waals surface area contributed by atoms with Crippen LogP contribution in [0.2, 0.25) is 0 Å². The molecular weight excluding hydrogens is 492 g/mol. The van der Waals surface area contributed by atoms with E-state index in [1.54, 1.807) is 24.3 Å². The van der Waals surface area contributed by atoms with Crippen LogP contribution in [0.1, 0.15) is 31.2 Å². The number of nitrogens with zero attached hydrogens (tertiary/aromatic N) is 1. The van der Waals surface area contributed by atoms with Gasteiger partial charge < -0.3 is 14.2 Å². The summed E-state index contributed by atoms with van der Waals surface area (Å²) in [6.45, 7) is 0.419. The largest absolute Gasteiger partial charge is 0.497 e. The fourth-order valence-electron chi connectivity index (χ4n) is 3.93. The maximum absolute atomic E-state index is 13.3. The summed E-state index contributed by atoms with van der Waals surface area (Å²) in [6.07, 6.45) is 2.27. The fraction of sp³-hybridized carbons (Fsp3) is 0.375. The van der Waals surface area contributed by atoms with Crippen LogP contribution in [0.3, 0.4) is 0 Å². The Kier molecular flexibility index (Phi) is 9.02. The second-order valence-corrected chi connectivity index (χ2v) is 10.3. The van der Waals surface area contributed by atoms with E-state index in [0.29, 0.717) is 29.9 Å². The molecule has 0 saturated carbocycles. The first-order chi connectivity index (χ1) is 17.2. The molecule has 3 rings (SSSR count). The van der Waals surface area contributed by atoms with Crippen molar-refractivity contribution in [2.24, 2.45) is 0 Å². The van der Waals surface area contributed by atoms with Crippen molar-refractivity contribution in [1.29, 1.82) is 0 Å². The number of sulfone groups is 1. The van der Waals surface area contributed by atoms with Crippen molar-refractivity contribution in [2.45, 2.75) is 35.3 Å². The molecule has 1 saturated heterocycles. The van der Waals surface area contributed by atoms with Gasteiger partial charge in [-0.3, -0.25) is 20.1 Å². The number of carbonyl (C=O) groups excluding carboxylic acids is 1. The van der Waals surface area contributed by atoms with Crippen LogP contribution in [-0.4, -0.2) is 56.1 Å². The third-order valence-electron chi connectivity index (χ3n) is 6.00. The lowest BCUT2D eigenvalue weighted by Gasteiger charge is -2.34. The molecule has 1 fully saturated rings. The first-order valence-electron chi connectivity index (χ1n) is 11.2. The highest BCUT2D eigenvalue weighted by molar-refractivity contribution is 7.93. The SMILES string of the molecule is COc1ccc(/C(=C/CCCOc2ccc(S(=O)(=O)C3(C(=O)NO)CCOCC3)cc2)[N+](=O)[O-])cc1. The Morgan fingerprint density at radius 2 is 1.75 bits per heavy atom. The summed E-state index contributed by atoms with van der Waals surface area (Å²) >= 11 is 0. The predicted octanol–water partition coefficient (Wildman–Crippen LogP) is 3.00. The van der Waals surface area contributed by atoms with Crippen LogP contribution in [0.25, 0.3) is 5.70 Å². The number of hydrogen-bond acceptors (Lipinski definition) is 9. The number of carbonyl (C=O) groups is 1. The molecule has 2 aromatic rings. The molecule has 0 aromatic heterocycles. The molecule has 12 heteroatoms. The lowest BCUT2D eigenvalue weighted by atomic mass is 9.98. The summed E-state index contributed by atoms with van der Waals surface area (Å²) in [5.41, 5.74) is 1.94. The fourth-order valence-corrected chi connectivity index (χ4v) is 5.87. The third kappa shape index (κ3) is 5.83. The molecule has 0 atom stereocenters. The number of amides is 1. The Bertz CT molecular complexity index is 1190. The molecule has 2 aromatic carbocycles. The standard InChI is InChI=1S/C24H28N2O9S/c1-33-19-7-5-18(6-8-19)22(26(29)30)4-2-3-15-35-20-9-11-21(12-10-20)36(31,32)24(23(27)25-28)13-16-34-17-14-24/h4-12,28H,2-3,13-17H2,1H3,(H,25,27)/b22-4-. The molecule has 0 unspecified atom stereocenters. The number of rotatable bonds is 11. The van der Waals surface area contributed by atoms with Gasteiger partial charge in [0.25, 0.3) is 11.6 Å². The summed E-state index contributed by atoms with van der Waals surface area (Å²) < 4.78 is 40.6. The van der Waals surface area contributed by atoms with E-state index < -0.39 is 25.4 Å². The Hall–Kier alpha value is -3.48. The van der Waals surface area contributed by atoms with E-state index in [-0.39, 0.29) is 43.3 Å². The van der Waals surface area contributed by atoms with Crippen LogP contribution >= 0.6 is 0 Å². The van der Waals surface area contributed by atoms with E-state index in [4.69, 9.17) is 19.4 Å². The predicted molar refractivity (Wildman–Crippen MR) is 129 cm³/mol. The van der Waals surface area contributed by atoms with Crippen molar-refractivity contribution < 1.29 is 37.6 Å². The van der Waals surface area contributed by atoms with Crippen molar-refractivity contribution in [3.05, 3.63) is 70.3 Å². The molecule has 1 aliphatic heterocycles. The van der Waals surface area contributed by atoms with Crippen molar-refractivity contribution in [2.75, 3.05) is 26.9 Å². The molecule has 2 N–H and O–H groups in total. The molecule has 1 amide bonds. The van der Waals surface area contributed by atoms with Crippen LogP contribution in [0, 0.1) is 10.1 Å². The first kappa shape index (κ1) is 27.1. The summed E-state index contributed by atoms with van der Waals surface area (Å²) in [7, 11) is -2.60. The van der Waals surface area contributed by atoms with Gasteiger partial charge in [-0.1, -0.05) is 0 Å². The zero-order valence-electron chi connectivity index (χ0n) is 19.7. The highest BCUT2D eigenvalue weighted by Gasteiger charge is 2.52. The average Bonchev–Trinajstić information content (AvgIpc) is 2.90. The Morgan fingerprint density at radius 3 is 2.31 bits per heavy atom. The zero-order valence-corrected chi connectivity index (χ0v) is 20.5. The van der Waals surface area contributed by atoms with Gasteiger partial charge in [0.15, 0.2) is 14.6 Å². The summed E-state index contributed by atoms with van der Waals surface area (Å²) in [5.74, 6) is 0.0337. The molecule has 0 spiro atoms.